The lowest BCUT2D eigenvalue weighted by Crippen LogP contribution is -2.38. The molecule has 1 aromatic heterocycles. The van der Waals surface area contributed by atoms with Crippen molar-refractivity contribution in [1.82, 2.24) is 19.8 Å². The number of hydrogen-bond acceptors (Lipinski definition) is 7. The molecule has 0 atom stereocenters. The fraction of sp³-hybridized carbons (Fsp3) is 0.550. The molecule has 9 nitrogen and oxygen atoms in total. The van der Waals surface area contributed by atoms with Crippen molar-refractivity contribution >= 4 is 29.0 Å². The number of H-pyrrole nitrogens is 1. The van der Waals surface area contributed by atoms with E-state index in [4.69, 9.17) is 26.4 Å². The Morgan fingerprint density at radius 3 is 2.70 bits per heavy atom. The Morgan fingerprint density at radius 2 is 1.90 bits per heavy atom. The third-order valence-corrected chi connectivity index (χ3v) is 5.66. The number of carbonyl (C=O) groups excluding carboxylic acids is 1. The van der Waals surface area contributed by atoms with Crippen molar-refractivity contribution in [3.63, 3.8) is 0 Å². The number of nitrogens with one attached hydrogen (secondary N) is 2. The quantitative estimate of drug-likeness (QED) is 0.479. The van der Waals surface area contributed by atoms with Gasteiger partial charge in [-0.05, 0) is 37.7 Å². The molecule has 0 radical (unpaired) electrons. The minimum absolute atomic E-state index is 0.0101. The Labute approximate surface area is 178 Å². The van der Waals surface area contributed by atoms with Crippen molar-refractivity contribution in [2.75, 3.05) is 46.2 Å². The van der Waals surface area contributed by atoms with E-state index in [9.17, 15) is 9.59 Å². The van der Waals surface area contributed by atoms with Crippen LogP contribution in [0.25, 0.3) is 10.9 Å². The van der Waals surface area contributed by atoms with Gasteiger partial charge in [0.1, 0.15) is 0 Å². The first-order chi connectivity index (χ1) is 14.6. The average Bonchev–Trinajstić information content (AvgIpc) is 3.20. The summed E-state index contributed by atoms with van der Waals surface area (Å²) >= 11 is 5.34. The molecular weight excluding hydrogens is 408 g/mol. The van der Waals surface area contributed by atoms with Gasteiger partial charge in [-0.1, -0.05) is 0 Å². The van der Waals surface area contributed by atoms with E-state index in [1.54, 1.807) is 12.1 Å². The van der Waals surface area contributed by atoms with Gasteiger partial charge in [-0.25, -0.2) is 0 Å². The highest BCUT2D eigenvalue weighted by atomic mass is 32.1. The third-order valence-electron chi connectivity index (χ3n) is 5.34. The molecule has 2 N–H and O–H groups in total. The van der Waals surface area contributed by atoms with E-state index in [1.807, 2.05) is 0 Å². The minimum atomic E-state index is -0.196. The Morgan fingerprint density at radius 1 is 1.13 bits per heavy atom. The molecule has 2 aliphatic rings. The van der Waals surface area contributed by atoms with E-state index in [0.717, 1.165) is 39.3 Å². The first-order valence-electron chi connectivity index (χ1n) is 10.2. The Hall–Kier alpha value is -2.43. The Balaban J connectivity index is 1.27. The van der Waals surface area contributed by atoms with Crippen LogP contribution < -0.4 is 20.3 Å². The molecule has 1 saturated heterocycles. The number of benzene rings is 1. The maximum absolute atomic E-state index is 12.9. The number of aromatic amines is 1. The van der Waals surface area contributed by atoms with E-state index in [2.05, 4.69) is 15.2 Å². The molecule has 1 aromatic carbocycles. The fourth-order valence-corrected chi connectivity index (χ4v) is 3.97. The molecule has 0 aliphatic carbocycles. The number of rotatable bonds is 8. The SMILES string of the molecule is O=C(CCCn1c(=S)[nH]c2cc3c(cc2c1=O)OCO3)NCCCN1CCOCC1. The summed E-state index contributed by atoms with van der Waals surface area (Å²) in [5, 5.41) is 3.43. The summed E-state index contributed by atoms with van der Waals surface area (Å²) < 4.78 is 17.9. The molecule has 2 aliphatic heterocycles. The third kappa shape index (κ3) is 4.82. The summed E-state index contributed by atoms with van der Waals surface area (Å²) in [7, 11) is 0. The van der Waals surface area contributed by atoms with E-state index < -0.39 is 0 Å². The molecule has 1 amide bonds. The molecular formula is C20H26N4O5S. The Bertz CT molecular complexity index is 1030. The maximum atomic E-state index is 12.9. The number of nitrogens with zero attached hydrogens (tertiary/aromatic N) is 2. The largest absolute Gasteiger partial charge is 0.454 e. The van der Waals surface area contributed by atoms with Gasteiger partial charge in [0.25, 0.3) is 5.56 Å². The molecule has 2 aromatic rings. The van der Waals surface area contributed by atoms with Gasteiger partial charge in [0.15, 0.2) is 16.3 Å². The van der Waals surface area contributed by atoms with Crippen LogP contribution in [0.5, 0.6) is 11.5 Å². The number of morpholine rings is 1. The second-order valence-corrected chi connectivity index (χ2v) is 7.79. The van der Waals surface area contributed by atoms with Gasteiger partial charge in [-0.3, -0.25) is 19.1 Å². The van der Waals surface area contributed by atoms with E-state index in [-0.39, 0.29) is 18.3 Å². The van der Waals surface area contributed by atoms with Gasteiger partial charge in [0, 0.05) is 38.7 Å². The van der Waals surface area contributed by atoms with Gasteiger partial charge >= 0.3 is 0 Å². The van der Waals surface area contributed by atoms with Crippen LogP contribution in [0.15, 0.2) is 16.9 Å². The topological polar surface area (TPSA) is 97.8 Å². The highest BCUT2D eigenvalue weighted by molar-refractivity contribution is 7.71. The fourth-order valence-electron chi connectivity index (χ4n) is 3.69. The maximum Gasteiger partial charge on any atom is 0.262 e. The number of amides is 1. The standard InChI is InChI=1S/C20H26N4O5S/c25-18(21-4-2-5-23-7-9-27-10-8-23)3-1-6-24-19(26)14-11-16-17(29-13-28-16)12-15(14)22-20(24)30/h11-12H,1-10,13H2,(H,21,25)(H,22,30). The zero-order chi connectivity index (χ0) is 20.9. The summed E-state index contributed by atoms with van der Waals surface area (Å²) in [5.74, 6) is 1.13. The van der Waals surface area contributed by atoms with Crippen LogP contribution in [0, 0.1) is 4.77 Å². The van der Waals surface area contributed by atoms with Crippen molar-refractivity contribution in [2.45, 2.75) is 25.8 Å². The van der Waals surface area contributed by atoms with E-state index in [0.29, 0.717) is 53.1 Å². The van der Waals surface area contributed by atoms with Crippen LogP contribution in [-0.4, -0.2) is 66.5 Å². The van der Waals surface area contributed by atoms with Crippen LogP contribution in [0.4, 0.5) is 0 Å². The van der Waals surface area contributed by atoms with Gasteiger partial charge in [-0.2, -0.15) is 0 Å². The number of carbonyl (C=O) groups is 1. The number of ether oxygens (including phenoxy) is 3. The lowest BCUT2D eigenvalue weighted by atomic mass is 10.2. The van der Waals surface area contributed by atoms with Crippen molar-refractivity contribution < 1.29 is 19.0 Å². The molecule has 0 spiro atoms. The van der Waals surface area contributed by atoms with Gasteiger partial charge in [-0.15, -0.1) is 0 Å². The molecule has 30 heavy (non-hydrogen) atoms. The molecule has 0 bridgehead atoms. The summed E-state index contributed by atoms with van der Waals surface area (Å²) in [6.45, 7) is 5.61. The summed E-state index contributed by atoms with van der Waals surface area (Å²) in [6.07, 6.45) is 1.79. The molecule has 0 saturated carbocycles. The predicted molar refractivity (Wildman–Crippen MR) is 114 cm³/mol. The second kappa shape index (κ2) is 9.59. The number of hydrogen-bond donors (Lipinski definition) is 2. The van der Waals surface area contributed by atoms with Crippen molar-refractivity contribution in [1.29, 1.82) is 0 Å². The van der Waals surface area contributed by atoms with Gasteiger partial charge < -0.3 is 24.5 Å². The van der Waals surface area contributed by atoms with Crippen molar-refractivity contribution in [3.8, 4) is 11.5 Å². The first kappa shape index (κ1) is 20.8. The van der Waals surface area contributed by atoms with Crippen LogP contribution in [0.3, 0.4) is 0 Å². The molecule has 4 rings (SSSR count). The predicted octanol–water partition coefficient (Wildman–Crippen LogP) is 1.41. The van der Waals surface area contributed by atoms with Crippen LogP contribution in [-0.2, 0) is 16.1 Å². The minimum Gasteiger partial charge on any atom is -0.454 e. The van der Waals surface area contributed by atoms with Crippen molar-refractivity contribution in [2.24, 2.45) is 0 Å². The van der Waals surface area contributed by atoms with Crippen molar-refractivity contribution in [3.05, 3.63) is 27.3 Å². The van der Waals surface area contributed by atoms with Crippen LogP contribution >= 0.6 is 12.2 Å². The monoisotopic (exact) mass is 434 g/mol. The molecule has 162 valence electrons. The molecule has 1 fully saturated rings. The average molecular weight is 435 g/mol. The van der Waals surface area contributed by atoms with Gasteiger partial charge in [0.2, 0.25) is 12.7 Å². The summed E-state index contributed by atoms with van der Waals surface area (Å²) in [6, 6.07) is 3.40. The smallest absolute Gasteiger partial charge is 0.262 e. The zero-order valence-corrected chi connectivity index (χ0v) is 17.6. The number of fused-ring (bicyclic) bond motifs is 2. The highest BCUT2D eigenvalue weighted by Gasteiger charge is 2.17. The lowest BCUT2D eigenvalue weighted by Gasteiger charge is -2.26. The van der Waals surface area contributed by atoms with Crippen LogP contribution in [0.1, 0.15) is 19.3 Å². The van der Waals surface area contributed by atoms with Crippen LogP contribution in [0.2, 0.25) is 0 Å². The second-order valence-electron chi connectivity index (χ2n) is 7.40. The number of aromatic nitrogens is 2. The molecule has 0 unspecified atom stereocenters. The molecule has 3 heterocycles. The van der Waals surface area contributed by atoms with E-state index in [1.165, 1.54) is 4.57 Å². The first-order valence-corrected chi connectivity index (χ1v) is 10.7. The summed E-state index contributed by atoms with van der Waals surface area (Å²) in [5.41, 5.74) is 0.418. The Kier molecular flexibility index (Phi) is 6.66. The zero-order valence-electron chi connectivity index (χ0n) is 16.8. The normalized spacial score (nSPS) is 16.1. The summed E-state index contributed by atoms with van der Waals surface area (Å²) in [4.78, 5) is 30.4. The van der Waals surface area contributed by atoms with Gasteiger partial charge in [0.05, 0.1) is 24.1 Å². The van der Waals surface area contributed by atoms with E-state index >= 15 is 0 Å². The highest BCUT2D eigenvalue weighted by Crippen LogP contribution is 2.34. The lowest BCUT2D eigenvalue weighted by molar-refractivity contribution is -0.121. The molecule has 10 heteroatoms.